The summed E-state index contributed by atoms with van der Waals surface area (Å²) in [6.45, 7) is 3.27. The normalized spacial score (nSPS) is 15.1. The topological polar surface area (TPSA) is 58.6 Å². The maximum Gasteiger partial charge on any atom is 0.416 e. The molecule has 2 aromatic carbocycles. The molecule has 0 spiro atoms. The third kappa shape index (κ3) is 6.10. The first-order valence-corrected chi connectivity index (χ1v) is 10.7. The van der Waals surface area contributed by atoms with Gasteiger partial charge in [-0.3, -0.25) is 4.72 Å². The zero-order valence-electron chi connectivity index (χ0n) is 16.4. The van der Waals surface area contributed by atoms with Crippen LogP contribution >= 0.6 is 12.4 Å². The molecule has 2 aromatic rings. The second kappa shape index (κ2) is 10.00. The molecule has 1 N–H and O–H groups in total. The third-order valence-electron chi connectivity index (χ3n) is 4.96. The highest BCUT2D eigenvalue weighted by atomic mass is 35.5. The van der Waals surface area contributed by atoms with E-state index < -0.39 is 21.8 Å². The molecule has 0 aliphatic carbocycles. The number of nitrogens with one attached hydrogen (secondary N) is 1. The summed E-state index contributed by atoms with van der Waals surface area (Å²) in [5.41, 5.74) is 1.74. The van der Waals surface area contributed by atoms with E-state index in [-0.39, 0.29) is 17.3 Å². The second-order valence-corrected chi connectivity index (χ2v) is 8.63. The molecule has 166 valence electrons. The predicted molar refractivity (Wildman–Crippen MR) is 112 cm³/mol. The number of benzene rings is 2. The summed E-state index contributed by atoms with van der Waals surface area (Å²) in [6.07, 6.45) is -2.86. The van der Waals surface area contributed by atoms with Gasteiger partial charge in [0, 0.05) is 32.4 Å². The Hall–Kier alpha value is -1.81. The van der Waals surface area contributed by atoms with Gasteiger partial charge in [0.05, 0.1) is 17.1 Å². The average Bonchev–Trinajstić information content (AvgIpc) is 2.87. The van der Waals surface area contributed by atoms with E-state index in [1.165, 1.54) is 5.56 Å². The van der Waals surface area contributed by atoms with Crippen molar-refractivity contribution in [3.8, 4) is 0 Å². The Kier molecular flexibility index (Phi) is 8.15. The van der Waals surface area contributed by atoms with E-state index in [0.717, 1.165) is 62.3 Å². The Balaban J connectivity index is 0.00000320. The van der Waals surface area contributed by atoms with Gasteiger partial charge in [-0.05, 0) is 60.4 Å². The van der Waals surface area contributed by atoms with Crippen molar-refractivity contribution < 1.29 is 26.3 Å². The Labute approximate surface area is 180 Å². The number of hydrogen-bond acceptors (Lipinski definition) is 4. The molecule has 0 aromatic heterocycles. The maximum absolute atomic E-state index is 12.7. The highest BCUT2D eigenvalue weighted by Crippen LogP contribution is 2.30. The zero-order chi connectivity index (χ0) is 21.1. The summed E-state index contributed by atoms with van der Waals surface area (Å²) < 4.78 is 70.7. The van der Waals surface area contributed by atoms with E-state index >= 15 is 0 Å². The second-order valence-electron chi connectivity index (χ2n) is 6.95. The molecule has 0 saturated carbocycles. The highest BCUT2D eigenvalue weighted by Gasteiger charge is 2.30. The van der Waals surface area contributed by atoms with E-state index in [2.05, 4.69) is 9.62 Å². The van der Waals surface area contributed by atoms with Crippen molar-refractivity contribution in [1.29, 1.82) is 0 Å². The van der Waals surface area contributed by atoms with Gasteiger partial charge in [0.2, 0.25) is 0 Å². The van der Waals surface area contributed by atoms with Crippen molar-refractivity contribution in [3.05, 3.63) is 59.2 Å². The van der Waals surface area contributed by atoms with Crippen molar-refractivity contribution in [2.24, 2.45) is 0 Å². The Morgan fingerprint density at radius 3 is 2.27 bits per heavy atom. The molecular formula is C20H24ClF3N2O3S. The number of rotatable bonds is 6. The number of nitrogens with zero attached hydrogens (tertiary/aromatic N) is 1. The van der Waals surface area contributed by atoms with Crippen molar-refractivity contribution in [2.45, 2.75) is 23.9 Å². The van der Waals surface area contributed by atoms with Crippen LogP contribution < -0.4 is 4.72 Å². The van der Waals surface area contributed by atoms with Crippen LogP contribution in [0.25, 0.3) is 0 Å². The molecule has 30 heavy (non-hydrogen) atoms. The standard InChI is InChI=1S/C20H23F3N2O3S.ClH/c1-28-13-12-25-10-8-15-2-5-18(14-16(15)9-11-25)24-29(26,27)19-6-3-17(4-7-19)20(21,22)23;/h2-7,14,24H,8-13H2,1H3;1H. The van der Waals surface area contributed by atoms with Crippen LogP contribution in [0, 0.1) is 0 Å². The first kappa shape index (κ1) is 24.5. The van der Waals surface area contributed by atoms with Crippen LogP contribution in [-0.4, -0.2) is 46.7 Å². The molecule has 10 heteroatoms. The van der Waals surface area contributed by atoms with E-state index in [0.29, 0.717) is 12.3 Å². The molecule has 0 bridgehead atoms. The fourth-order valence-corrected chi connectivity index (χ4v) is 4.37. The summed E-state index contributed by atoms with van der Waals surface area (Å²) in [7, 11) is -2.31. The third-order valence-corrected chi connectivity index (χ3v) is 6.35. The number of sulfonamides is 1. The molecule has 1 heterocycles. The molecule has 0 fully saturated rings. The van der Waals surface area contributed by atoms with Crippen molar-refractivity contribution in [1.82, 2.24) is 4.90 Å². The number of ether oxygens (including phenoxy) is 1. The lowest BCUT2D eigenvalue weighted by atomic mass is 10.0. The van der Waals surface area contributed by atoms with E-state index in [4.69, 9.17) is 4.74 Å². The van der Waals surface area contributed by atoms with Gasteiger partial charge in [0.15, 0.2) is 0 Å². The Bertz CT molecular complexity index is 951. The summed E-state index contributed by atoms with van der Waals surface area (Å²) in [6, 6.07) is 8.84. The molecule has 1 aliphatic heterocycles. The maximum atomic E-state index is 12.7. The van der Waals surface area contributed by atoms with Gasteiger partial charge >= 0.3 is 6.18 Å². The SMILES string of the molecule is COCCN1CCc2ccc(NS(=O)(=O)c3ccc(C(F)(F)F)cc3)cc2CC1.Cl. The van der Waals surface area contributed by atoms with Crippen LogP contribution in [0.1, 0.15) is 16.7 Å². The van der Waals surface area contributed by atoms with Crippen LogP contribution in [0.15, 0.2) is 47.4 Å². The number of methoxy groups -OCH3 is 1. The minimum Gasteiger partial charge on any atom is -0.383 e. The fourth-order valence-electron chi connectivity index (χ4n) is 3.32. The number of anilines is 1. The lowest BCUT2D eigenvalue weighted by Gasteiger charge is -2.18. The number of alkyl halides is 3. The fraction of sp³-hybridized carbons (Fsp3) is 0.400. The minimum atomic E-state index is -4.51. The van der Waals surface area contributed by atoms with Crippen LogP contribution in [0.5, 0.6) is 0 Å². The highest BCUT2D eigenvalue weighted by molar-refractivity contribution is 7.92. The lowest BCUT2D eigenvalue weighted by Crippen LogP contribution is -2.29. The number of halogens is 4. The van der Waals surface area contributed by atoms with Gasteiger partial charge in [-0.25, -0.2) is 8.42 Å². The van der Waals surface area contributed by atoms with Crippen LogP contribution in [0.4, 0.5) is 18.9 Å². The Morgan fingerprint density at radius 1 is 1.03 bits per heavy atom. The van der Waals surface area contributed by atoms with Gasteiger partial charge in [-0.1, -0.05) is 6.07 Å². The monoisotopic (exact) mass is 464 g/mol. The zero-order valence-corrected chi connectivity index (χ0v) is 18.0. The van der Waals surface area contributed by atoms with Crippen LogP contribution in [0.2, 0.25) is 0 Å². The smallest absolute Gasteiger partial charge is 0.383 e. The number of hydrogen-bond donors (Lipinski definition) is 1. The molecule has 0 atom stereocenters. The molecule has 0 saturated heterocycles. The summed E-state index contributed by atoms with van der Waals surface area (Å²) in [5, 5.41) is 0. The molecule has 1 aliphatic rings. The van der Waals surface area contributed by atoms with Crippen LogP contribution in [0.3, 0.4) is 0 Å². The Morgan fingerprint density at radius 2 is 1.67 bits per heavy atom. The van der Waals surface area contributed by atoms with Gasteiger partial charge in [-0.15, -0.1) is 12.4 Å². The van der Waals surface area contributed by atoms with Gasteiger partial charge in [0.25, 0.3) is 10.0 Å². The average molecular weight is 465 g/mol. The largest absolute Gasteiger partial charge is 0.416 e. The molecular weight excluding hydrogens is 441 g/mol. The first-order valence-electron chi connectivity index (χ1n) is 9.22. The van der Waals surface area contributed by atoms with E-state index in [1.807, 2.05) is 6.07 Å². The summed E-state index contributed by atoms with van der Waals surface area (Å²) in [4.78, 5) is 2.08. The number of fused-ring (bicyclic) bond motifs is 1. The van der Waals surface area contributed by atoms with Gasteiger partial charge in [-0.2, -0.15) is 13.2 Å². The summed E-state index contributed by atoms with van der Waals surface area (Å²) in [5.74, 6) is 0. The van der Waals surface area contributed by atoms with Gasteiger partial charge in [0.1, 0.15) is 0 Å². The summed E-state index contributed by atoms with van der Waals surface area (Å²) >= 11 is 0. The molecule has 0 amide bonds. The van der Waals surface area contributed by atoms with E-state index in [1.54, 1.807) is 19.2 Å². The van der Waals surface area contributed by atoms with Crippen molar-refractivity contribution in [3.63, 3.8) is 0 Å². The van der Waals surface area contributed by atoms with E-state index in [9.17, 15) is 21.6 Å². The predicted octanol–water partition coefficient (Wildman–Crippen LogP) is 3.98. The molecule has 0 unspecified atom stereocenters. The van der Waals surface area contributed by atoms with Gasteiger partial charge < -0.3 is 9.64 Å². The van der Waals surface area contributed by atoms with Crippen molar-refractivity contribution >= 4 is 28.1 Å². The minimum absolute atomic E-state index is 0. The first-order chi connectivity index (χ1) is 13.7. The quantitative estimate of drug-likeness (QED) is 0.702. The molecule has 0 radical (unpaired) electrons. The lowest BCUT2D eigenvalue weighted by molar-refractivity contribution is -0.137. The molecule has 5 nitrogen and oxygen atoms in total. The van der Waals surface area contributed by atoms with Crippen LogP contribution in [-0.2, 0) is 33.8 Å². The molecule has 3 rings (SSSR count). The van der Waals surface area contributed by atoms with Crippen molar-refractivity contribution in [2.75, 3.05) is 38.1 Å².